The number of sulfonamides is 1. The standard InChI is InChI=1S/C27H43N7O4S3.C4H10.C2H6/c1-27(2,3)33(5)41(36,37)26-23(35)22(19-39-26)29-25-24(30-40-31-25)28-17-21-16-20(18-38-21)10-8-6-7-9-11-34-14-12-32(4)13-15-34;1-4(2)3;1-2/h16,18-19,35H,6-15,17H2,1-5H3,(H,28,30)(H,29,31);4H,1-3H3;1-2H3. The van der Waals surface area contributed by atoms with E-state index in [-0.39, 0.29) is 15.6 Å². The van der Waals surface area contributed by atoms with Crippen LogP contribution in [0.5, 0.6) is 5.75 Å². The van der Waals surface area contributed by atoms with E-state index in [0.29, 0.717) is 18.2 Å². The van der Waals surface area contributed by atoms with Gasteiger partial charge in [0.05, 0.1) is 30.2 Å². The van der Waals surface area contributed by atoms with Crippen LogP contribution in [-0.4, -0.2) is 88.7 Å². The number of piperazine rings is 1. The Hall–Kier alpha value is -2.23. The Morgan fingerprint density at radius 1 is 1.04 bits per heavy atom. The minimum Gasteiger partial charge on any atom is -0.504 e. The quantitative estimate of drug-likeness (QED) is 0.143. The number of unbranched alkanes of at least 4 members (excludes halogenated alkanes) is 3. The van der Waals surface area contributed by atoms with Crippen molar-refractivity contribution in [3.8, 4) is 5.75 Å². The predicted octanol–water partition coefficient (Wildman–Crippen LogP) is 7.71. The second-order valence-corrected chi connectivity index (χ2v) is 16.9. The topological polar surface area (TPSA) is 127 Å². The van der Waals surface area contributed by atoms with Crippen LogP contribution in [0.25, 0.3) is 0 Å². The maximum Gasteiger partial charge on any atom is 0.256 e. The highest BCUT2D eigenvalue weighted by Crippen LogP contribution is 2.42. The van der Waals surface area contributed by atoms with Crippen molar-refractivity contribution in [2.75, 3.05) is 57.5 Å². The maximum atomic E-state index is 13.0. The zero-order valence-corrected chi connectivity index (χ0v) is 32.7. The summed E-state index contributed by atoms with van der Waals surface area (Å²) < 4.78 is 41.5. The normalized spacial score (nSPS) is 14.5. The molecule has 3 aromatic heterocycles. The molecule has 4 rings (SSSR count). The van der Waals surface area contributed by atoms with Crippen molar-refractivity contribution in [3.63, 3.8) is 0 Å². The van der Waals surface area contributed by atoms with Gasteiger partial charge in [-0.2, -0.15) is 13.1 Å². The Balaban J connectivity index is 0.00000119. The molecule has 1 aliphatic heterocycles. The van der Waals surface area contributed by atoms with Crippen LogP contribution in [0.4, 0.5) is 17.3 Å². The van der Waals surface area contributed by atoms with Gasteiger partial charge in [0.1, 0.15) is 5.76 Å². The molecule has 0 bridgehead atoms. The van der Waals surface area contributed by atoms with Crippen LogP contribution in [0, 0.1) is 5.92 Å². The van der Waals surface area contributed by atoms with Gasteiger partial charge in [-0.3, -0.25) is 0 Å². The van der Waals surface area contributed by atoms with Crippen molar-refractivity contribution < 1.29 is 17.9 Å². The highest BCUT2D eigenvalue weighted by Gasteiger charge is 2.34. The number of hydrogen-bond acceptors (Lipinski definition) is 12. The Morgan fingerprint density at radius 2 is 1.66 bits per heavy atom. The van der Waals surface area contributed by atoms with Gasteiger partial charge in [0.25, 0.3) is 10.0 Å². The van der Waals surface area contributed by atoms with Gasteiger partial charge in [0.2, 0.25) is 0 Å². The number of aromatic hydroxyl groups is 1. The highest BCUT2D eigenvalue weighted by molar-refractivity contribution is 7.91. The van der Waals surface area contributed by atoms with Crippen molar-refractivity contribution in [3.05, 3.63) is 29.0 Å². The summed E-state index contributed by atoms with van der Waals surface area (Å²) in [4.78, 5) is 4.97. The molecule has 0 aliphatic carbocycles. The van der Waals surface area contributed by atoms with Gasteiger partial charge in [-0.05, 0) is 71.2 Å². The zero-order chi connectivity index (χ0) is 35.2. The molecule has 1 saturated heterocycles. The van der Waals surface area contributed by atoms with Gasteiger partial charge in [0, 0.05) is 44.1 Å². The van der Waals surface area contributed by atoms with Crippen LogP contribution in [0.3, 0.4) is 0 Å². The Bertz CT molecular complexity index is 1400. The van der Waals surface area contributed by atoms with Gasteiger partial charge < -0.3 is 30.0 Å². The number of hydrogen-bond donors (Lipinski definition) is 3. The maximum absolute atomic E-state index is 13.0. The molecule has 0 saturated carbocycles. The van der Waals surface area contributed by atoms with E-state index in [1.807, 2.05) is 20.1 Å². The Morgan fingerprint density at radius 3 is 2.30 bits per heavy atom. The number of nitrogens with zero attached hydrogens (tertiary/aromatic N) is 5. The summed E-state index contributed by atoms with van der Waals surface area (Å²) in [7, 11) is -0.163. The third-order valence-electron chi connectivity index (χ3n) is 7.44. The lowest BCUT2D eigenvalue weighted by Gasteiger charge is -2.32. The lowest BCUT2D eigenvalue weighted by atomic mass is 10.1. The first-order valence-corrected chi connectivity index (χ1v) is 19.8. The van der Waals surface area contributed by atoms with E-state index >= 15 is 0 Å². The van der Waals surface area contributed by atoms with E-state index < -0.39 is 15.6 Å². The number of nitrogens with one attached hydrogen (secondary N) is 2. The van der Waals surface area contributed by atoms with Gasteiger partial charge in [0.15, 0.2) is 21.6 Å². The molecule has 1 fully saturated rings. The minimum absolute atomic E-state index is 0.117. The summed E-state index contributed by atoms with van der Waals surface area (Å²) in [5, 5.41) is 18.5. The van der Waals surface area contributed by atoms with Crippen LogP contribution >= 0.6 is 23.1 Å². The molecule has 1 aliphatic rings. The molecule has 0 radical (unpaired) electrons. The molecule has 268 valence electrons. The smallest absolute Gasteiger partial charge is 0.256 e. The molecule has 3 aromatic rings. The van der Waals surface area contributed by atoms with Gasteiger partial charge in [-0.1, -0.05) is 47.5 Å². The lowest BCUT2D eigenvalue weighted by molar-refractivity contribution is 0.152. The molecule has 3 N–H and O–H groups in total. The van der Waals surface area contributed by atoms with Crippen LogP contribution in [0.1, 0.15) is 92.4 Å². The Labute approximate surface area is 292 Å². The molecule has 0 spiro atoms. The Kier molecular flexibility index (Phi) is 17.2. The molecule has 0 aromatic carbocycles. The summed E-state index contributed by atoms with van der Waals surface area (Å²) in [5.74, 6) is 2.20. The van der Waals surface area contributed by atoms with Gasteiger partial charge in [-0.25, -0.2) is 8.42 Å². The second kappa shape index (κ2) is 19.7. The molecule has 4 heterocycles. The average molecular weight is 714 g/mol. The lowest BCUT2D eigenvalue weighted by Crippen LogP contribution is -2.44. The van der Waals surface area contributed by atoms with Crippen molar-refractivity contribution >= 4 is 50.4 Å². The fraction of sp³-hybridized carbons (Fsp3) is 0.697. The first-order valence-electron chi connectivity index (χ1n) is 16.8. The number of furan rings is 1. The van der Waals surface area contributed by atoms with Gasteiger partial charge >= 0.3 is 0 Å². The first kappa shape index (κ1) is 40.9. The summed E-state index contributed by atoms with van der Waals surface area (Å²) >= 11 is 1.97. The van der Waals surface area contributed by atoms with E-state index in [9.17, 15) is 13.5 Å². The second-order valence-electron chi connectivity index (χ2n) is 13.3. The monoisotopic (exact) mass is 713 g/mol. The molecule has 0 atom stereocenters. The molecule has 47 heavy (non-hydrogen) atoms. The van der Waals surface area contributed by atoms with E-state index in [1.165, 1.54) is 68.9 Å². The molecular weight excluding hydrogens is 655 g/mol. The van der Waals surface area contributed by atoms with Crippen molar-refractivity contribution in [2.45, 2.75) is 104 Å². The van der Waals surface area contributed by atoms with Crippen LogP contribution in [-0.2, 0) is 23.0 Å². The van der Waals surface area contributed by atoms with Crippen molar-refractivity contribution in [2.24, 2.45) is 5.92 Å². The van der Waals surface area contributed by atoms with Crippen LogP contribution < -0.4 is 10.6 Å². The number of aromatic nitrogens is 2. The fourth-order valence-corrected chi connectivity index (χ4v) is 7.91. The fourth-order valence-electron chi connectivity index (χ4n) is 4.52. The largest absolute Gasteiger partial charge is 0.504 e. The SMILES string of the molecule is CC.CC(C)C.CN1CCN(CCCCCCc2coc(CNc3nsnc3Nc3csc(S(=O)(=O)N(C)C(C)(C)C)c3O)c2)CC1. The number of anilines is 3. The average Bonchev–Trinajstić information content (AvgIpc) is 3.75. The van der Waals surface area contributed by atoms with Gasteiger partial charge in [-0.15, -0.1) is 11.3 Å². The summed E-state index contributed by atoms with van der Waals surface area (Å²) in [6, 6.07) is 2.07. The zero-order valence-electron chi connectivity index (χ0n) is 30.2. The number of thiophene rings is 1. The van der Waals surface area contributed by atoms with Crippen molar-refractivity contribution in [1.82, 2.24) is 22.9 Å². The molecule has 14 heteroatoms. The third kappa shape index (κ3) is 13.3. The van der Waals surface area contributed by atoms with Crippen LogP contribution in [0.2, 0.25) is 0 Å². The molecular formula is C33H59N7O4S3. The molecule has 0 amide bonds. The third-order valence-corrected chi connectivity index (χ3v) is 11.6. The highest BCUT2D eigenvalue weighted by atomic mass is 32.2. The summed E-state index contributed by atoms with van der Waals surface area (Å²) in [6.07, 6.45) is 7.70. The van der Waals surface area contributed by atoms with Crippen molar-refractivity contribution in [1.29, 1.82) is 0 Å². The number of aryl methyl sites for hydroxylation is 1. The predicted molar refractivity (Wildman–Crippen MR) is 198 cm³/mol. The van der Waals surface area contributed by atoms with E-state index in [2.05, 4.69) is 63.1 Å². The van der Waals surface area contributed by atoms with E-state index in [4.69, 9.17) is 4.42 Å². The minimum atomic E-state index is -3.86. The number of rotatable bonds is 14. The van der Waals surface area contributed by atoms with E-state index in [0.717, 1.165) is 47.6 Å². The van der Waals surface area contributed by atoms with E-state index in [1.54, 1.807) is 26.2 Å². The number of likely N-dealkylation sites (N-methyl/N-ethyl adjacent to an activating group) is 1. The molecule has 0 unspecified atom stereocenters. The summed E-state index contributed by atoms with van der Waals surface area (Å²) in [6.45, 7) is 22.3. The summed E-state index contributed by atoms with van der Waals surface area (Å²) in [5.41, 5.74) is 0.818. The first-order chi connectivity index (χ1) is 22.2. The van der Waals surface area contributed by atoms with Crippen LogP contribution in [0.15, 0.2) is 26.3 Å². The molecule has 11 nitrogen and oxygen atoms in total.